The van der Waals surface area contributed by atoms with Gasteiger partial charge in [0, 0.05) is 6.42 Å². The molecular formula is C5H11Cl2NO3. The normalized spacial score (nSPS) is 7.36. The molecule has 6 heteroatoms. The van der Waals surface area contributed by atoms with Gasteiger partial charge in [-0.3, -0.25) is 9.59 Å². The van der Waals surface area contributed by atoms with Gasteiger partial charge in [0.05, 0.1) is 13.0 Å². The van der Waals surface area contributed by atoms with E-state index in [1.807, 2.05) is 0 Å². The van der Waals surface area contributed by atoms with Crippen LogP contribution >= 0.6 is 24.8 Å². The molecule has 0 aliphatic carbocycles. The summed E-state index contributed by atoms with van der Waals surface area (Å²) in [6.45, 7) is -0.0622. The minimum atomic E-state index is -0.961. The monoisotopic (exact) mass is 203 g/mol. The van der Waals surface area contributed by atoms with E-state index < -0.39 is 5.97 Å². The van der Waals surface area contributed by atoms with Crippen molar-refractivity contribution in [2.75, 3.05) is 6.54 Å². The molecule has 11 heavy (non-hydrogen) atoms. The molecule has 0 aromatic carbocycles. The molecule has 0 atom stereocenters. The number of halogens is 2. The molecule has 0 aliphatic heterocycles. The summed E-state index contributed by atoms with van der Waals surface area (Å²) < 4.78 is 0. The number of hydrogen-bond donors (Lipinski definition) is 2. The van der Waals surface area contributed by atoms with Gasteiger partial charge < -0.3 is 10.8 Å². The fourth-order valence-corrected chi connectivity index (χ4v) is 0.348. The van der Waals surface area contributed by atoms with Gasteiger partial charge in [-0.2, -0.15) is 0 Å². The van der Waals surface area contributed by atoms with E-state index >= 15 is 0 Å². The van der Waals surface area contributed by atoms with Crippen LogP contribution in [0, 0.1) is 0 Å². The maximum absolute atomic E-state index is 10.3. The second-order valence-corrected chi connectivity index (χ2v) is 1.64. The fourth-order valence-electron chi connectivity index (χ4n) is 0.348. The van der Waals surface area contributed by atoms with Gasteiger partial charge in [0.2, 0.25) is 0 Å². The molecule has 0 spiro atoms. The number of hydrogen-bond acceptors (Lipinski definition) is 3. The van der Waals surface area contributed by atoms with Crippen LogP contribution in [0.25, 0.3) is 0 Å². The van der Waals surface area contributed by atoms with Crippen LogP contribution in [0.4, 0.5) is 0 Å². The fraction of sp³-hybridized carbons (Fsp3) is 0.600. The number of Topliss-reactive ketones (excluding diaryl/α,β-unsaturated/α-hetero) is 1. The molecule has 0 saturated heterocycles. The summed E-state index contributed by atoms with van der Waals surface area (Å²) in [5, 5.41) is 8.06. The van der Waals surface area contributed by atoms with Crippen molar-refractivity contribution in [2.45, 2.75) is 12.8 Å². The van der Waals surface area contributed by atoms with E-state index in [4.69, 9.17) is 10.8 Å². The van der Waals surface area contributed by atoms with Crippen LogP contribution in [-0.2, 0) is 9.59 Å². The van der Waals surface area contributed by atoms with Crippen molar-refractivity contribution in [2.24, 2.45) is 5.73 Å². The number of carbonyl (C=O) groups is 2. The van der Waals surface area contributed by atoms with Crippen LogP contribution in [0.3, 0.4) is 0 Å². The second-order valence-electron chi connectivity index (χ2n) is 1.64. The lowest BCUT2D eigenvalue weighted by Crippen LogP contribution is -2.14. The molecule has 0 amide bonds. The molecule has 0 bridgehead atoms. The van der Waals surface area contributed by atoms with Gasteiger partial charge in [-0.25, -0.2) is 0 Å². The average Bonchev–Trinajstić information content (AvgIpc) is 1.83. The van der Waals surface area contributed by atoms with Crippen molar-refractivity contribution in [3.8, 4) is 0 Å². The maximum atomic E-state index is 10.3. The molecule has 0 saturated carbocycles. The Morgan fingerprint density at radius 1 is 1.18 bits per heavy atom. The highest BCUT2D eigenvalue weighted by Crippen LogP contribution is 1.87. The van der Waals surface area contributed by atoms with Crippen molar-refractivity contribution in [3.63, 3.8) is 0 Å². The Balaban J connectivity index is -0.000000320. The van der Waals surface area contributed by atoms with Crippen LogP contribution in [0.1, 0.15) is 12.8 Å². The summed E-state index contributed by atoms with van der Waals surface area (Å²) in [6, 6.07) is 0. The average molecular weight is 204 g/mol. The molecule has 0 fully saturated rings. The number of nitrogens with two attached hydrogens (primary N) is 1. The summed E-state index contributed by atoms with van der Waals surface area (Å²) in [5.41, 5.74) is 4.92. The van der Waals surface area contributed by atoms with E-state index in [9.17, 15) is 9.59 Å². The molecule has 3 N–H and O–H groups in total. The summed E-state index contributed by atoms with van der Waals surface area (Å²) in [5.74, 6) is -1.17. The van der Waals surface area contributed by atoms with Crippen LogP contribution in [0.2, 0.25) is 0 Å². The largest absolute Gasteiger partial charge is 0.481 e. The lowest BCUT2D eigenvalue weighted by Gasteiger charge is -1.90. The highest BCUT2D eigenvalue weighted by molar-refractivity contribution is 5.85. The van der Waals surface area contributed by atoms with Gasteiger partial charge >= 0.3 is 5.97 Å². The van der Waals surface area contributed by atoms with E-state index in [1.165, 1.54) is 0 Å². The highest BCUT2D eigenvalue weighted by atomic mass is 35.5. The van der Waals surface area contributed by atoms with Crippen LogP contribution in [0.15, 0.2) is 0 Å². The Morgan fingerprint density at radius 2 is 1.64 bits per heavy atom. The Morgan fingerprint density at radius 3 is 1.91 bits per heavy atom. The van der Waals surface area contributed by atoms with Crippen molar-refractivity contribution in [1.82, 2.24) is 0 Å². The predicted molar refractivity (Wildman–Crippen MR) is 45.4 cm³/mol. The van der Waals surface area contributed by atoms with E-state index in [2.05, 4.69) is 0 Å². The van der Waals surface area contributed by atoms with Crippen molar-refractivity contribution in [1.29, 1.82) is 0 Å². The zero-order valence-electron chi connectivity index (χ0n) is 5.78. The molecule has 0 aliphatic rings. The number of ketones is 1. The highest BCUT2D eigenvalue weighted by Gasteiger charge is 2.01. The van der Waals surface area contributed by atoms with E-state index in [1.54, 1.807) is 0 Å². The maximum Gasteiger partial charge on any atom is 0.303 e. The number of rotatable bonds is 4. The van der Waals surface area contributed by atoms with E-state index in [0.717, 1.165) is 0 Å². The standard InChI is InChI=1S/C5H9NO3.2ClH/c6-3-4(7)1-2-5(8)9;;/h1-3,6H2,(H,8,9);2*1H. The quantitative estimate of drug-likeness (QED) is 0.686. The van der Waals surface area contributed by atoms with Gasteiger partial charge in [-0.15, -0.1) is 24.8 Å². The molecule has 0 aromatic heterocycles. The van der Waals surface area contributed by atoms with Gasteiger partial charge in [0.25, 0.3) is 0 Å². The molecule has 0 heterocycles. The summed E-state index contributed by atoms with van der Waals surface area (Å²) in [7, 11) is 0. The Bertz CT molecular complexity index is 129. The SMILES string of the molecule is Cl.Cl.NCC(=O)CCC(=O)O. The summed E-state index contributed by atoms with van der Waals surface area (Å²) >= 11 is 0. The third-order valence-corrected chi connectivity index (χ3v) is 0.845. The predicted octanol–water partition coefficient (Wildman–Crippen LogP) is 0.223. The van der Waals surface area contributed by atoms with Gasteiger partial charge in [-0.1, -0.05) is 0 Å². The summed E-state index contributed by atoms with van der Waals surface area (Å²) in [6.07, 6.45) is -0.0676. The van der Waals surface area contributed by atoms with Crippen LogP contribution < -0.4 is 5.73 Å². The Labute approximate surface area is 77.0 Å². The zero-order valence-corrected chi connectivity index (χ0v) is 7.41. The second kappa shape index (κ2) is 9.68. The van der Waals surface area contributed by atoms with Gasteiger partial charge in [0.15, 0.2) is 0 Å². The Hall–Kier alpha value is -0.320. The van der Waals surface area contributed by atoms with Gasteiger partial charge in [-0.05, 0) is 0 Å². The minimum absolute atomic E-state index is 0. The third-order valence-electron chi connectivity index (χ3n) is 0.845. The molecule has 0 unspecified atom stereocenters. The first-order chi connectivity index (χ1) is 4.16. The molecular weight excluding hydrogens is 193 g/mol. The lowest BCUT2D eigenvalue weighted by molar-refractivity contribution is -0.138. The third kappa shape index (κ3) is 12.8. The first kappa shape index (κ1) is 17.0. The van der Waals surface area contributed by atoms with Gasteiger partial charge in [0.1, 0.15) is 5.78 Å². The first-order valence-electron chi connectivity index (χ1n) is 2.60. The van der Waals surface area contributed by atoms with Crippen LogP contribution in [-0.4, -0.2) is 23.4 Å². The molecule has 68 valence electrons. The number of carbonyl (C=O) groups excluding carboxylic acids is 1. The first-order valence-corrected chi connectivity index (χ1v) is 2.60. The van der Waals surface area contributed by atoms with E-state index in [0.29, 0.717) is 0 Å². The number of carboxylic acids is 1. The van der Waals surface area contributed by atoms with Crippen molar-refractivity contribution < 1.29 is 14.7 Å². The van der Waals surface area contributed by atoms with Crippen LogP contribution in [0.5, 0.6) is 0 Å². The topological polar surface area (TPSA) is 80.4 Å². The zero-order chi connectivity index (χ0) is 7.28. The number of carboxylic acid groups (broad SMARTS) is 1. The molecule has 4 nitrogen and oxygen atoms in total. The van der Waals surface area contributed by atoms with Crippen molar-refractivity contribution in [3.05, 3.63) is 0 Å². The lowest BCUT2D eigenvalue weighted by atomic mass is 10.2. The molecule has 0 rings (SSSR count). The molecule has 0 aromatic rings. The minimum Gasteiger partial charge on any atom is -0.481 e. The van der Waals surface area contributed by atoms with Crippen molar-refractivity contribution >= 4 is 36.6 Å². The Kier molecular flexibility index (Phi) is 14.9. The van der Waals surface area contributed by atoms with E-state index in [-0.39, 0.29) is 50.0 Å². The molecule has 0 radical (unpaired) electrons. The summed E-state index contributed by atoms with van der Waals surface area (Å²) in [4.78, 5) is 20.2. The number of aliphatic carboxylic acids is 1. The smallest absolute Gasteiger partial charge is 0.303 e.